The molecule has 2 aliphatic rings. The molecule has 2 aliphatic carbocycles. The van der Waals surface area contributed by atoms with Crippen LogP contribution in [0.3, 0.4) is 0 Å². The van der Waals surface area contributed by atoms with E-state index >= 15 is 0 Å². The molecule has 108 valence electrons. The lowest BCUT2D eigenvalue weighted by atomic mass is 9.94. The molecule has 3 nitrogen and oxygen atoms in total. The molecule has 3 N–H and O–H groups in total. The van der Waals surface area contributed by atoms with Gasteiger partial charge in [0.25, 0.3) is 0 Å². The molecule has 4 atom stereocenters. The standard InChI is InChI=1S/C17H24N2O/c18-15-10-6-2-5-9-13(15)17(20)19-16-11-14(16)12-7-3-1-4-8-12/h1,3-4,7-8,13-16H,2,5-6,9-11,18H2,(H,19,20). The lowest BCUT2D eigenvalue weighted by molar-refractivity contribution is -0.126. The average Bonchev–Trinajstić information content (AvgIpc) is 3.24. The number of rotatable bonds is 3. The van der Waals surface area contributed by atoms with Crippen LogP contribution in [0.2, 0.25) is 0 Å². The smallest absolute Gasteiger partial charge is 0.224 e. The van der Waals surface area contributed by atoms with E-state index in [1.807, 2.05) is 6.07 Å². The average molecular weight is 272 g/mol. The van der Waals surface area contributed by atoms with E-state index in [-0.39, 0.29) is 17.9 Å². The van der Waals surface area contributed by atoms with Gasteiger partial charge in [-0.2, -0.15) is 0 Å². The highest BCUT2D eigenvalue weighted by atomic mass is 16.2. The van der Waals surface area contributed by atoms with Crippen LogP contribution in [0, 0.1) is 5.92 Å². The minimum absolute atomic E-state index is 0.0227. The van der Waals surface area contributed by atoms with E-state index in [9.17, 15) is 4.79 Å². The second-order valence-electron chi connectivity index (χ2n) is 6.28. The molecule has 0 spiro atoms. The Bertz CT molecular complexity index is 459. The van der Waals surface area contributed by atoms with Crippen LogP contribution >= 0.6 is 0 Å². The third kappa shape index (κ3) is 3.04. The summed E-state index contributed by atoms with van der Waals surface area (Å²) in [5.41, 5.74) is 7.50. The Morgan fingerprint density at radius 3 is 2.65 bits per heavy atom. The van der Waals surface area contributed by atoms with Crippen molar-refractivity contribution >= 4 is 5.91 Å². The Morgan fingerprint density at radius 2 is 1.85 bits per heavy atom. The van der Waals surface area contributed by atoms with Gasteiger partial charge in [0.15, 0.2) is 0 Å². The third-order valence-electron chi connectivity index (χ3n) is 4.75. The van der Waals surface area contributed by atoms with E-state index in [1.54, 1.807) is 0 Å². The first kappa shape index (κ1) is 13.6. The minimum atomic E-state index is 0.0227. The number of hydrogen-bond donors (Lipinski definition) is 2. The van der Waals surface area contributed by atoms with Crippen LogP contribution < -0.4 is 11.1 Å². The Labute approximate surface area is 120 Å². The maximum absolute atomic E-state index is 12.4. The summed E-state index contributed by atoms with van der Waals surface area (Å²) in [7, 11) is 0. The molecule has 0 aromatic heterocycles. The maximum atomic E-state index is 12.4. The van der Waals surface area contributed by atoms with Gasteiger partial charge in [-0.1, -0.05) is 49.6 Å². The van der Waals surface area contributed by atoms with Crippen molar-refractivity contribution in [3.8, 4) is 0 Å². The monoisotopic (exact) mass is 272 g/mol. The van der Waals surface area contributed by atoms with Crippen LogP contribution in [0.15, 0.2) is 30.3 Å². The fourth-order valence-electron chi connectivity index (χ4n) is 3.37. The van der Waals surface area contributed by atoms with E-state index < -0.39 is 0 Å². The lowest BCUT2D eigenvalue weighted by Gasteiger charge is -2.20. The molecule has 1 aromatic carbocycles. The first-order valence-corrected chi connectivity index (χ1v) is 7.86. The summed E-state index contributed by atoms with van der Waals surface area (Å²) in [4.78, 5) is 12.4. The summed E-state index contributed by atoms with van der Waals surface area (Å²) < 4.78 is 0. The lowest BCUT2D eigenvalue weighted by Crippen LogP contribution is -2.42. The highest BCUT2D eigenvalue weighted by Crippen LogP contribution is 2.41. The van der Waals surface area contributed by atoms with Crippen molar-refractivity contribution < 1.29 is 4.79 Å². The van der Waals surface area contributed by atoms with Gasteiger partial charge in [-0.15, -0.1) is 0 Å². The summed E-state index contributed by atoms with van der Waals surface area (Å²) in [6.45, 7) is 0. The van der Waals surface area contributed by atoms with Crippen LogP contribution in [0.25, 0.3) is 0 Å². The number of nitrogens with one attached hydrogen (secondary N) is 1. The summed E-state index contributed by atoms with van der Waals surface area (Å²) >= 11 is 0. The van der Waals surface area contributed by atoms with Crippen LogP contribution in [-0.4, -0.2) is 18.0 Å². The van der Waals surface area contributed by atoms with Gasteiger partial charge in [-0.05, 0) is 24.8 Å². The number of nitrogens with two attached hydrogens (primary N) is 1. The molecular weight excluding hydrogens is 248 g/mol. The quantitative estimate of drug-likeness (QED) is 0.831. The largest absolute Gasteiger partial charge is 0.352 e. The Hall–Kier alpha value is -1.35. The summed E-state index contributed by atoms with van der Waals surface area (Å²) in [5, 5.41) is 3.21. The molecule has 1 amide bonds. The van der Waals surface area contributed by atoms with Crippen molar-refractivity contribution in [2.45, 2.75) is 56.5 Å². The first-order valence-electron chi connectivity index (χ1n) is 7.86. The SMILES string of the molecule is NC1CCCCCC1C(=O)NC1CC1c1ccccc1. The van der Waals surface area contributed by atoms with Gasteiger partial charge in [0, 0.05) is 18.0 Å². The van der Waals surface area contributed by atoms with Gasteiger partial charge < -0.3 is 11.1 Å². The Kier molecular flexibility index (Phi) is 4.06. The first-order chi connectivity index (χ1) is 9.75. The Morgan fingerprint density at radius 1 is 1.10 bits per heavy atom. The fourth-order valence-corrected chi connectivity index (χ4v) is 3.37. The number of carbonyl (C=O) groups is 1. The predicted octanol–water partition coefficient (Wildman–Crippen LogP) is 2.57. The van der Waals surface area contributed by atoms with Crippen molar-refractivity contribution in [2.24, 2.45) is 11.7 Å². The molecular formula is C17H24N2O. The molecule has 0 bridgehead atoms. The van der Waals surface area contributed by atoms with Crippen LogP contribution in [0.4, 0.5) is 0 Å². The van der Waals surface area contributed by atoms with Gasteiger partial charge in [-0.25, -0.2) is 0 Å². The van der Waals surface area contributed by atoms with E-state index in [2.05, 4.69) is 29.6 Å². The van der Waals surface area contributed by atoms with Crippen molar-refractivity contribution in [3.05, 3.63) is 35.9 Å². The molecule has 3 rings (SSSR count). The highest BCUT2D eigenvalue weighted by Gasteiger charge is 2.41. The van der Waals surface area contributed by atoms with Gasteiger partial charge in [-0.3, -0.25) is 4.79 Å². The fraction of sp³-hybridized carbons (Fsp3) is 0.588. The Balaban J connectivity index is 1.55. The highest BCUT2D eigenvalue weighted by molar-refractivity contribution is 5.80. The van der Waals surface area contributed by atoms with Crippen LogP contribution in [-0.2, 0) is 4.79 Å². The van der Waals surface area contributed by atoms with Crippen molar-refractivity contribution in [1.29, 1.82) is 0 Å². The van der Waals surface area contributed by atoms with Crippen molar-refractivity contribution in [2.75, 3.05) is 0 Å². The summed E-state index contributed by atoms with van der Waals surface area (Å²) in [5.74, 6) is 0.708. The molecule has 4 unspecified atom stereocenters. The zero-order chi connectivity index (χ0) is 13.9. The molecule has 2 saturated carbocycles. The number of benzene rings is 1. The minimum Gasteiger partial charge on any atom is -0.352 e. The summed E-state index contributed by atoms with van der Waals surface area (Å²) in [6.07, 6.45) is 6.53. The molecule has 2 fully saturated rings. The van der Waals surface area contributed by atoms with Crippen LogP contribution in [0.1, 0.15) is 50.0 Å². The number of carbonyl (C=O) groups excluding carboxylic acids is 1. The van der Waals surface area contributed by atoms with Gasteiger partial charge >= 0.3 is 0 Å². The number of amides is 1. The zero-order valence-electron chi connectivity index (χ0n) is 11.9. The maximum Gasteiger partial charge on any atom is 0.224 e. The van der Waals surface area contributed by atoms with Gasteiger partial charge in [0.2, 0.25) is 5.91 Å². The van der Waals surface area contributed by atoms with Crippen LogP contribution in [0.5, 0.6) is 0 Å². The molecule has 20 heavy (non-hydrogen) atoms. The molecule has 0 radical (unpaired) electrons. The van der Waals surface area contributed by atoms with Crippen molar-refractivity contribution in [1.82, 2.24) is 5.32 Å². The van der Waals surface area contributed by atoms with Gasteiger partial charge in [0.1, 0.15) is 0 Å². The second kappa shape index (κ2) is 5.96. The summed E-state index contributed by atoms with van der Waals surface area (Å²) in [6, 6.07) is 10.8. The van der Waals surface area contributed by atoms with E-state index in [0.29, 0.717) is 12.0 Å². The molecule has 0 aliphatic heterocycles. The zero-order valence-corrected chi connectivity index (χ0v) is 11.9. The van der Waals surface area contributed by atoms with E-state index in [0.717, 1.165) is 25.7 Å². The third-order valence-corrected chi connectivity index (χ3v) is 4.75. The molecule has 1 aromatic rings. The topological polar surface area (TPSA) is 55.1 Å². The molecule has 3 heteroatoms. The van der Waals surface area contributed by atoms with Crippen molar-refractivity contribution in [3.63, 3.8) is 0 Å². The van der Waals surface area contributed by atoms with E-state index in [1.165, 1.54) is 18.4 Å². The number of hydrogen-bond acceptors (Lipinski definition) is 2. The second-order valence-corrected chi connectivity index (χ2v) is 6.28. The van der Waals surface area contributed by atoms with Gasteiger partial charge in [0.05, 0.1) is 5.92 Å². The van der Waals surface area contributed by atoms with E-state index in [4.69, 9.17) is 5.73 Å². The normalized spacial score (nSPS) is 33.2. The molecule has 0 heterocycles. The predicted molar refractivity (Wildman–Crippen MR) is 80.3 cm³/mol. The molecule has 0 saturated heterocycles.